The number of halogens is 1. The first-order valence-corrected chi connectivity index (χ1v) is 4.44. The zero-order valence-electron chi connectivity index (χ0n) is 8.76. The number of aryl methyl sites for hydroxylation is 1. The summed E-state index contributed by atoms with van der Waals surface area (Å²) in [6.07, 6.45) is 0. The van der Waals surface area contributed by atoms with Crippen LogP contribution in [0.4, 0.5) is 4.39 Å². The van der Waals surface area contributed by atoms with Crippen molar-refractivity contribution < 1.29 is 13.9 Å². The smallest absolute Gasteiger partial charge is 0.134 e. The topological polar surface area (TPSA) is 18.5 Å². The van der Waals surface area contributed by atoms with Gasteiger partial charge in [0, 0.05) is 25.3 Å². The molecule has 14 heavy (non-hydrogen) atoms. The highest BCUT2D eigenvalue weighted by atomic mass is 19.1. The Labute approximate surface area is 83.6 Å². The van der Waals surface area contributed by atoms with E-state index >= 15 is 0 Å². The van der Waals surface area contributed by atoms with E-state index in [9.17, 15) is 4.39 Å². The number of methoxy groups -OCH3 is 2. The Morgan fingerprint density at radius 2 is 1.50 bits per heavy atom. The van der Waals surface area contributed by atoms with Crippen LogP contribution >= 0.6 is 0 Å². The fourth-order valence-corrected chi connectivity index (χ4v) is 1.45. The number of hydrogen-bond acceptors (Lipinski definition) is 2. The van der Waals surface area contributed by atoms with Gasteiger partial charge in [0.05, 0.1) is 13.2 Å². The number of hydrogen-bond donors (Lipinski definition) is 0. The van der Waals surface area contributed by atoms with E-state index in [0.717, 1.165) is 5.56 Å². The summed E-state index contributed by atoms with van der Waals surface area (Å²) < 4.78 is 23.5. The van der Waals surface area contributed by atoms with Crippen LogP contribution < -0.4 is 0 Å². The molecule has 0 amide bonds. The van der Waals surface area contributed by atoms with Gasteiger partial charge in [0.15, 0.2) is 0 Å². The van der Waals surface area contributed by atoms with Crippen molar-refractivity contribution in [2.75, 3.05) is 14.2 Å². The molecule has 0 atom stereocenters. The van der Waals surface area contributed by atoms with Crippen LogP contribution in [0.3, 0.4) is 0 Å². The lowest BCUT2D eigenvalue weighted by Crippen LogP contribution is -2.00. The summed E-state index contributed by atoms with van der Waals surface area (Å²) in [6.45, 7) is 2.52. The van der Waals surface area contributed by atoms with E-state index in [1.165, 1.54) is 0 Å². The molecule has 0 radical (unpaired) electrons. The standard InChI is InChI=1S/C11H15FO2/c1-8-4-9(6-13-2)11(12)10(5-8)7-14-3/h4-5H,6-7H2,1-3H3. The van der Waals surface area contributed by atoms with Gasteiger partial charge in [-0.05, 0) is 6.92 Å². The maximum absolute atomic E-state index is 13.7. The second kappa shape index (κ2) is 5.08. The molecule has 1 aromatic carbocycles. The van der Waals surface area contributed by atoms with E-state index in [-0.39, 0.29) is 5.82 Å². The molecule has 0 heterocycles. The van der Waals surface area contributed by atoms with Crippen molar-refractivity contribution in [2.24, 2.45) is 0 Å². The van der Waals surface area contributed by atoms with Crippen molar-refractivity contribution in [1.82, 2.24) is 0 Å². The van der Waals surface area contributed by atoms with E-state index in [2.05, 4.69) is 0 Å². The molecule has 1 aromatic rings. The molecule has 0 unspecified atom stereocenters. The first-order valence-electron chi connectivity index (χ1n) is 4.44. The third-order valence-corrected chi connectivity index (χ3v) is 1.97. The van der Waals surface area contributed by atoms with E-state index in [1.54, 1.807) is 26.4 Å². The average molecular weight is 198 g/mol. The van der Waals surface area contributed by atoms with Crippen molar-refractivity contribution in [2.45, 2.75) is 20.1 Å². The van der Waals surface area contributed by atoms with Gasteiger partial charge in [-0.25, -0.2) is 4.39 Å². The van der Waals surface area contributed by atoms with E-state index in [0.29, 0.717) is 24.3 Å². The molecule has 2 nitrogen and oxygen atoms in total. The Bertz CT molecular complexity index is 283. The predicted molar refractivity (Wildman–Crippen MR) is 52.6 cm³/mol. The molecule has 0 aliphatic rings. The summed E-state index contributed by atoms with van der Waals surface area (Å²) in [5.74, 6) is -0.223. The minimum atomic E-state index is -0.223. The average Bonchev–Trinajstić information content (AvgIpc) is 2.14. The Hall–Kier alpha value is -0.930. The monoisotopic (exact) mass is 198 g/mol. The van der Waals surface area contributed by atoms with Gasteiger partial charge in [0.2, 0.25) is 0 Å². The second-order valence-corrected chi connectivity index (χ2v) is 3.26. The molecule has 0 N–H and O–H groups in total. The Kier molecular flexibility index (Phi) is 4.04. The lowest BCUT2D eigenvalue weighted by atomic mass is 10.1. The lowest BCUT2D eigenvalue weighted by molar-refractivity contribution is 0.173. The maximum Gasteiger partial charge on any atom is 0.134 e. The van der Waals surface area contributed by atoms with Crippen LogP contribution in [0.1, 0.15) is 16.7 Å². The second-order valence-electron chi connectivity index (χ2n) is 3.26. The first-order chi connectivity index (χ1) is 6.69. The SMILES string of the molecule is COCc1cc(C)cc(COC)c1F. The van der Waals surface area contributed by atoms with Gasteiger partial charge in [-0.1, -0.05) is 17.7 Å². The minimum Gasteiger partial charge on any atom is -0.380 e. The summed E-state index contributed by atoms with van der Waals surface area (Å²) in [6, 6.07) is 3.58. The van der Waals surface area contributed by atoms with Crippen molar-refractivity contribution >= 4 is 0 Å². The highest BCUT2D eigenvalue weighted by Crippen LogP contribution is 2.17. The lowest BCUT2D eigenvalue weighted by Gasteiger charge is -2.08. The van der Waals surface area contributed by atoms with Crippen LogP contribution in [-0.4, -0.2) is 14.2 Å². The normalized spacial score (nSPS) is 10.6. The molecular formula is C11H15FO2. The fourth-order valence-electron chi connectivity index (χ4n) is 1.45. The summed E-state index contributed by atoms with van der Waals surface area (Å²) >= 11 is 0. The quantitative estimate of drug-likeness (QED) is 0.739. The van der Waals surface area contributed by atoms with Crippen LogP contribution in [0.5, 0.6) is 0 Å². The van der Waals surface area contributed by atoms with Gasteiger partial charge >= 0.3 is 0 Å². The van der Waals surface area contributed by atoms with E-state index in [1.807, 2.05) is 6.92 Å². The molecule has 0 fully saturated rings. The largest absolute Gasteiger partial charge is 0.380 e. The predicted octanol–water partition coefficient (Wildman–Crippen LogP) is 2.43. The van der Waals surface area contributed by atoms with Crippen molar-refractivity contribution in [1.29, 1.82) is 0 Å². The number of rotatable bonds is 4. The molecule has 0 aliphatic carbocycles. The number of ether oxygens (including phenoxy) is 2. The molecule has 0 aromatic heterocycles. The van der Waals surface area contributed by atoms with Gasteiger partial charge in [-0.2, -0.15) is 0 Å². The summed E-state index contributed by atoms with van der Waals surface area (Å²) in [5, 5.41) is 0. The van der Waals surface area contributed by atoms with E-state index in [4.69, 9.17) is 9.47 Å². The van der Waals surface area contributed by atoms with Crippen LogP contribution in [0.2, 0.25) is 0 Å². The van der Waals surface area contributed by atoms with Gasteiger partial charge < -0.3 is 9.47 Å². The third kappa shape index (κ3) is 2.53. The molecule has 0 saturated carbocycles. The van der Waals surface area contributed by atoms with Gasteiger partial charge in [-0.15, -0.1) is 0 Å². The van der Waals surface area contributed by atoms with Crippen molar-refractivity contribution in [3.63, 3.8) is 0 Å². The first kappa shape index (κ1) is 11.1. The van der Waals surface area contributed by atoms with Crippen LogP contribution in [-0.2, 0) is 22.7 Å². The highest BCUT2D eigenvalue weighted by Gasteiger charge is 2.08. The summed E-state index contributed by atoms with van der Waals surface area (Å²) in [7, 11) is 3.11. The summed E-state index contributed by atoms with van der Waals surface area (Å²) in [4.78, 5) is 0. The van der Waals surface area contributed by atoms with Crippen molar-refractivity contribution in [3.8, 4) is 0 Å². The van der Waals surface area contributed by atoms with Crippen molar-refractivity contribution in [3.05, 3.63) is 34.6 Å². The Morgan fingerprint density at radius 3 is 1.86 bits per heavy atom. The zero-order chi connectivity index (χ0) is 10.6. The molecule has 0 spiro atoms. The van der Waals surface area contributed by atoms with Gasteiger partial charge in [-0.3, -0.25) is 0 Å². The van der Waals surface area contributed by atoms with Crippen LogP contribution in [0.25, 0.3) is 0 Å². The summed E-state index contributed by atoms with van der Waals surface area (Å²) in [5.41, 5.74) is 2.18. The Balaban J connectivity index is 3.04. The maximum atomic E-state index is 13.7. The third-order valence-electron chi connectivity index (χ3n) is 1.97. The molecular weight excluding hydrogens is 183 g/mol. The van der Waals surface area contributed by atoms with Gasteiger partial charge in [0.25, 0.3) is 0 Å². The van der Waals surface area contributed by atoms with Crippen LogP contribution in [0.15, 0.2) is 12.1 Å². The molecule has 3 heteroatoms. The zero-order valence-corrected chi connectivity index (χ0v) is 8.76. The molecule has 0 bridgehead atoms. The van der Waals surface area contributed by atoms with Gasteiger partial charge in [0.1, 0.15) is 5.82 Å². The highest BCUT2D eigenvalue weighted by molar-refractivity contribution is 5.30. The van der Waals surface area contributed by atoms with Crippen LogP contribution in [0, 0.1) is 12.7 Å². The Morgan fingerprint density at radius 1 is 1.07 bits per heavy atom. The minimum absolute atomic E-state index is 0.223. The molecule has 1 rings (SSSR count). The molecule has 0 aliphatic heterocycles. The number of benzene rings is 1. The fraction of sp³-hybridized carbons (Fsp3) is 0.455. The van der Waals surface area contributed by atoms with E-state index < -0.39 is 0 Å². The molecule has 78 valence electrons. The molecule has 0 saturated heterocycles.